The van der Waals surface area contributed by atoms with Crippen LogP contribution in [0.5, 0.6) is 0 Å². The smallest absolute Gasteiger partial charge is 0.166 e. The highest BCUT2D eigenvalue weighted by Gasteiger charge is 2.32. The van der Waals surface area contributed by atoms with Gasteiger partial charge in [0.15, 0.2) is 5.78 Å². The minimum atomic E-state index is 0.245. The van der Waals surface area contributed by atoms with Crippen molar-refractivity contribution in [1.29, 1.82) is 0 Å². The van der Waals surface area contributed by atoms with Gasteiger partial charge in [0.2, 0.25) is 0 Å². The van der Waals surface area contributed by atoms with Crippen molar-refractivity contribution in [2.24, 2.45) is 17.3 Å². The van der Waals surface area contributed by atoms with Crippen LogP contribution in [0.15, 0.2) is 18.2 Å². The van der Waals surface area contributed by atoms with Crippen LogP contribution in [-0.2, 0) is 0 Å². The standard InChI is InChI=1S/C19H28O/c1-13-7-6-8-17(14(13)2)18(20)15-9-11-16(12-10-15)19(3,4)5/h6-8,15-16H,9-12H2,1-5H3. The van der Waals surface area contributed by atoms with E-state index in [4.69, 9.17) is 0 Å². The Kier molecular flexibility index (Phi) is 4.36. The quantitative estimate of drug-likeness (QED) is 0.664. The van der Waals surface area contributed by atoms with Crippen molar-refractivity contribution in [2.45, 2.75) is 60.3 Å². The largest absolute Gasteiger partial charge is 0.294 e. The number of hydrogen-bond donors (Lipinski definition) is 0. The van der Waals surface area contributed by atoms with E-state index in [0.29, 0.717) is 11.2 Å². The molecule has 2 rings (SSSR count). The lowest BCUT2D eigenvalue weighted by Gasteiger charge is -2.36. The fraction of sp³-hybridized carbons (Fsp3) is 0.632. The molecule has 0 spiro atoms. The zero-order valence-corrected chi connectivity index (χ0v) is 13.6. The first-order valence-electron chi connectivity index (χ1n) is 7.91. The molecule has 0 radical (unpaired) electrons. The molecule has 1 aromatic rings. The van der Waals surface area contributed by atoms with Gasteiger partial charge in [0, 0.05) is 11.5 Å². The van der Waals surface area contributed by atoms with E-state index >= 15 is 0 Å². The average Bonchev–Trinajstić information content (AvgIpc) is 2.40. The Balaban J connectivity index is 2.07. The molecule has 1 saturated carbocycles. The molecule has 0 N–H and O–H groups in total. The van der Waals surface area contributed by atoms with Crippen LogP contribution >= 0.6 is 0 Å². The van der Waals surface area contributed by atoms with Crippen LogP contribution in [0, 0.1) is 31.1 Å². The van der Waals surface area contributed by atoms with E-state index in [1.165, 1.54) is 18.4 Å². The molecule has 0 aliphatic heterocycles. The SMILES string of the molecule is Cc1cccc(C(=O)C2CCC(C(C)(C)C)CC2)c1C. The van der Waals surface area contributed by atoms with E-state index in [1.807, 2.05) is 12.1 Å². The highest BCUT2D eigenvalue weighted by atomic mass is 16.1. The molecule has 0 bridgehead atoms. The summed E-state index contributed by atoms with van der Waals surface area (Å²) in [6.45, 7) is 11.1. The van der Waals surface area contributed by atoms with Gasteiger partial charge in [0.25, 0.3) is 0 Å². The second-order valence-electron chi connectivity index (χ2n) is 7.53. The molecule has 20 heavy (non-hydrogen) atoms. The molecule has 0 saturated heterocycles. The molecule has 1 fully saturated rings. The summed E-state index contributed by atoms with van der Waals surface area (Å²) < 4.78 is 0. The van der Waals surface area contributed by atoms with Gasteiger partial charge in [-0.05, 0) is 62.0 Å². The Morgan fingerprint density at radius 3 is 2.20 bits per heavy atom. The minimum Gasteiger partial charge on any atom is -0.294 e. The normalized spacial score (nSPS) is 23.6. The second kappa shape index (κ2) is 5.71. The topological polar surface area (TPSA) is 17.1 Å². The van der Waals surface area contributed by atoms with Gasteiger partial charge in [-0.25, -0.2) is 0 Å². The molecule has 0 atom stereocenters. The van der Waals surface area contributed by atoms with Gasteiger partial charge in [-0.3, -0.25) is 4.79 Å². The third-order valence-corrected chi connectivity index (χ3v) is 5.19. The number of benzene rings is 1. The third-order valence-electron chi connectivity index (χ3n) is 5.19. The molecular weight excluding hydrogens is 244 g/mol. The number of Topliss-reactive ketones (excluding diaryl/α,β-unsaturated/α-hetero) is 1. The lowest BCUT2D eigenvalue weighted by atomic mass is 9.68. The van der Waals surface area contributed by atoms with Crippen LogP contribution in [-0.4, -0.2) is 5.78 Å². The van der Waals surface area contributed by atoms with Crippen molar-refractivity contribution < 1.29 is 4.79 Å². The first-order chi connectivity index (χ1) is 9.30. The number of carbonyl (C=O) groups is 1. The number of carbonyl (C=O) groups excluding carboxylic acids is 1. The Bertz CT molecular complexity index is 485. The molecular formula is C19H28O. The first-order valence-corrected chi connectivity index (χ1v) is 7.91. The molecule has 110 valence electrons. The van der Waals surface area contributed by atoms with Crippen LogP contribution < -0.4 is 0 Å². The zero-order chi connectivity index (χ0) is 14.9. The summed E-state index contributed by atoms with van der Waals surface area (Å²) >= 11 is 0. The van der Waals surface area contributed by atoms with Crippen molar-refractivity contribution in [3.8, 4) is 0 Å². The van der Waals surface area contributed by atoms with Gasteiger partial charge >= 0.3 is 0 Å². The Hall–Kier alpha value is -1.11. The highest BCUT2D eigenvalue weighted by molar-refractivity contribution is 5.99. The summed E-state index contributed by atoms with van der Waals surface area (Å²) in [5.74, 6) is 1.39. The van der Waals surface area contributed by atoms with Crippen molar-refractivity contribution in [2.75, 3.05) is 0 Å². The second-order valence-corrected chi connectivity index (χ2v) is 7.53. The zero-order valence-electron chi connectivity index (χ0n) is 13.6. The van der Waals surface area contributed by atoms with E-state index < -0.39 is 0 Å². The first kappa shape index (κ1) is 15.3. The van der Waals surface area contributed by atoms with Crippen molar-refractivity contribution in [1.82, 2.24) is 0 Å². The van der Waals surface area contributed by atoms with Crippen molar-refractivity contribution >= 4 is 5.78 Å². The average molecular weight is 272 g/mol. The summed E-state index contributed by atoms with van der Waals surface area (Å²) in [5.41, 5.74) is 3.71. The maximum Gasteiger partial charge on any atom is 0.166 e. The molecule has 1 nitrogen and oxygen atoms in total. The summed E-state index contributed by atoms with van der Waals surface area (Å²) in [6.07, 6.45) is 4.53. The number of ketones is 1. The number of aryl methyl sites for hydroxylation is 1. The van der Waals surface area contributed by atoms with Crippen LogP contribution in [0.25, 0.3) is 0 Å². The van der Waals surface area contributed by atoms with Crippen molar-refractivity contribution in [3.05, 3.63) is 34.9 Å². The van der Waals surface area contributed by atoms with Crippen LogP contribution in [0.3, 0.4) is 0 Å². The lowest BCUT2D eigenvalue weighted by molar-refractivity contribution is 0.0819. The molecule has 1 aliphatic carbocycles. The predicted octanol–water partition coefficient (Wildman–Crippen LogP) is 5.34. The summed E-state index contributed by atoms with van der Waals surface area (Å²) in [4.78, 5) is 12.7. The molecule has 0 amide bonds. The molecule has 1 aliphatic rings. The van der Waals surface area contributed by atoms with E-state index in [1.54, 1.807) is 0 Å². The van der Waals surface area contributed by atoms with Gasteiger partial charge in [-0.2, -0.15) is 0 Å². The molecule has 0 aromatic heterocycles. The highest BCUT2D eigenvalue weighted by Crippen LogP contribution is 2.40. The molecule has 1 aromatic carbocycles. The maximum absolute atomic E-state index is 12.7. The van der Waals surface area contributed by atoms with Crippen LogP contribution in [0.4, 0.5) is 0 Å². The van der Waals surface area contributed by atoms with Gasteiger partial charge in [-0.1, -0.05) is 39.0 Å². The summed E-state index contributed by atoms with van der Waals surface area (Å²) in [6, 6.07) is 6.10. The van der Waals surface area contributed by atoms with Crippen molar-refractivity contribution in [3.63, 3.8) is 0 Å². The predicted molar refractivity (Wildman–Crippen MR) is 85.1 cm³/mol. The van der Waals surface area contributed by atoms with Gasteiger partial charge in [-0.15, -0.1) is 0 Å². The van der Waals surface area contributed by atoms with E-state index in [0.717, 1.165) is 29.9 Å². The minimum absolute atomic E-state index is 0.245. The Labute approximate surface area is 123 Å². The monoisotopic (exact) mass is 272 g/mol. The fourth-order valence-corrected chi connectivity index (χ4v) is 3.46. The third kappa shape index (κ3) is 3.13. The summed E-state index contributed by atoms with van der Waals surface area (Å²) in [7, 11) is 0. The molecule has 0 unspecified atom stereocenters. The van der Waals surface area contributed by atoms with Gasteiger partial charge in [0.05, 0.1) is 0 Å². The number of rotatable bonds is 2. The molecule has 0 heterocycles. The van der Waals surface area contributed by atoms with Gasteiger partial charge in [0.1, 0.15) is 0 Å². The van der Waals surface area contributed by atoms with E-state index in [9.17, 15) is 4.79 Å². The van der Waals surface area contributed by atoms with E-state index in [2.05, 4.69) is 40.7 Å². The molecule has 1 heteroatoms. The Morgan fingerprint density at radius 2 is 1.65 bits per heavy atom. The maximum atomic E-state index is 12.7. The summed E-state index contributed by atoms with van der Waals surface area (Å²) in [5, 5.41) is 0. The lowest BCUT2D eigenvalue weighted by Crippen LogP contribution is -2.29. The van der Waals surface area contributed by atoms with Crippen LogP contribution in [0.2, 0.25) is 0 Å². The van der Waals surface area contributed by atoms with Crippen LogP contribution in [0.1, 0.15) is 67.9 Å². The van der Waals surface area contributed by atoms with Gasteiger partial charge < -0.3 is 0 Å². The number of hydrogen-bond acceptors (Lipinski definition) is 1. The Morgan fingerprint density at radius 1 is 1.05 bits per heavy atom. The fourth-order valence-electron chi connectivity index (χ4n) is 3.46. The van der Waals surface area contributed by atoms with E-state index in [-0.39, 0.29) is 5.92 Å².